The summed E-state index contributed by atoms with van der Waals surface area (Å²) in [7, 11) is 0. The minimum absolute atomic E-state index is 0.125. The monoisotopic (exact) mass is 605 g/mol. The third-order valence-corrected chi connectivity index (χ3v) is 9.57. The Balaban J connectivity index is 1.26. The second-order valence-electron chi connectivity index (χ2n) is 12.8. The van der Waals surface area contributed by atoms with Crippen LogP contribution in [-0.4, -0.2) is 15.0 Å². The van der Waals surface area contributed by atoms with E-state index in [0.717, 1.165) is 44.5 Å². The molecular formula is C43H31N3O. The van der Waals surface area contributed by atoms with Gasteiger partial charge in [-0.2, -0.15) is 0 Å². The fraction of sp³-hybridized carbons (Fsp3) is 0.0930. The summed E-state index contributed by atoms with van der Waals surface area (Å²) < 4.78 is 6.26. The van der Waals surface area contributed by atoms with Crippen molar-refractivity contribution in [1.82, 2.24) is 15.0 Å². The first-order valence-corrected chi connectivity index (χ1v) is 16.1. The number of rotatable bonds is 5. The van der Waals surface area contributed by atoms with Gasteiger partial charge < -0.3 is 4.42 Å². The van der Waals surface area contributed by atoms with Crippen LogP contribution in [0.25, 0.3) is 67.0 Å². The second kappa shape index (κ2) is 10.6. The molecular weight excluding hydrogens is 574 g/mol. The van der Waals surface area contributed by atoms with E-state index in [1.54, 1.807) is 0 Å². The lowest BCUT2D eigenvalue weighted by atomic mass is 9.82. The molecule has 0 unspecified atom stereocenters. The lowest BCUT2D eigenvalue weighted by Crippen LogP contribution is -2.14. The number of furan rings is 1. The van der Waals surface area contributed by atoms with Crippen LogP contribution in [0.3, 0.4) is 0 Å². The number of hydrogen-bond donors (Lipinski definition) is 0. The first kappa shape index (κ1) is 27.4. The van der Waals surface area contributed by atoms with Gasteiger partial charge in [0.15, 0.2) is 11.6 Å². The highest BCUT2D eigenvalue weighted by Gasteiger charge is 2.37. The zero-order chi connectivity index (χ0) is 31.5. The zero-order valence-corrected chi connectivity index (χ0v) is 26.2. The molecule has 0 bridgehead atoms. The molecule has 0 saturated carbocycles. The first-order chi connectivity index (χ1) is 23.0. The summed E-state index contributed by atoms with van der Waals surface area (Å²) in [6, 6.07) is 48.7. The van der Waals surface area contributed by atoms with Crippen LogP contribution in [0.4, 0.5) is 0 Å². The third-order valence-electron chi connectivity index (χ3n) is 9.57. The number of hydrogen-bond acceptors (Lipinski definition) is 4. The lowest BCUT2D eigenvalue weighted by molar-refractivity contribution is 0.660. The van der Waals surface area contributed by atoms with Crippen LogP contribution in [0.5, 0.6) is 0 Å². The van der Waals surface area contributed by atoms with Crippen molar-refractivity contribution in [2.45, 2.75) is 25.7 Å². The molecule has 0 fully saturated rings. The van der Waals surface area contributed by atoms with Gasteiger partial charge in [0, 0.05) is 33.7 Å². The Morgan fingerprint density at radius 1 is 0.532 bits per heavy atom. The van der Waals surface area contributed by atoms with Crippen molar-refractivity contribution in [1.29, 1.82) is 0 Å². The predicted molar refractivity (Wildman–Crippen MR) is 190 cm³/mol. The molecule has 9 rings (SSSR count). The number of fused-ring (bicyclic) bond motifs is 6. The third kappa shape index (κ3) is 4.48. The fourth-order valence-corrected chi connectivity index (χ4v) is 7.32. The molecule has 0 radical (unpaired) electrons. The maximum absolute atomic E-state index is 6.26. The molecule has 0 atom stereocenters. The topological polar surface area (TPSA) is 51.8 Å². The minimum atomic E-state index is -0.125. The van der Waals surface area contributed by atoms with Crippen LogP contribution in [0.2, 0.25) is 0 Å². The van der Waals surface area contributed by atoms with E-state index in [0.29, 0.717) is 18.1 Å². The van der Waals surface area contributed by atoms with Crippen molar-refractivity contribution in [2.24, 2.45) is 0 Å². The van der Waals surface area contributed by atoms with Crippen LogP contribution >= 0.6 is 0 Å². The van der Waals surface area contributed by atoms with Gasteiger partial charge in [-0.3, -0.25) is 0 Å². The summed E-state index contributed by atoms with van der Waals surface area (Å²) in [6.45, 7) is 4.60. The van der Waals surface area contributed by atoms with E-state index in [-0.39, 0.29) is 5.41 Å². The van der Waals surface area contributed by atoms with Gasteiger partial charge in [-0.15, -0.1) is 0 Å². The van der Waals surface area contributed by atoms with Crippen LogP contribution < -0.4 is 0 Å². The van der Waals surface area contributed by atoms with Crippen LogP contribution in [0.1, 0.15) is 36.4 Å². The van der Waals surface area contributed by atoms with E-state index in [9.17, 15) is 0 Å². The van der Waals surface area contributed by atoms with Gasteiger partial charge in [-0.1, -0.05) is 141 Å². The van der Waals surface area contributed by atoms with Gasteiger partial charge in [-0.05, 0) is 51.1 Å². The van der Waals surface area contributed by atoms with Crippen molar-refractivity contribution in [2.75, 3.05) is 0 Å². The predicted octanol–water partition coefficient (Wildman–Crippen LogP) is 10.7. The second-order valence-corrected chi connectivity index (χ2v) is 12.8. The summed E-state index contributed by atoms with van der Waals surface area (Å²) in [6.07, 6.45) is 0.572. The van der Waals surface area contributed by atoms with E-state index in [1.807, 2.05) is 36.4 Å². The largest absolute Gasteiger partial charge is 0.456 e. The molecule has 0 N–H and O–H groups in total. The first-order valence-electron chi connectivity index (χ1n) is 16.1. The SMILES string of the molecule is CC1(C)c2ccccc2-c2c(-c3nc(Cc4cccc(-c5ccccc5)c4)nc(-c4cccc5oc6ccccc6c45)n3)cccc21. The quantitative estimate of drug-likeness (QED) is 0.196. The van der Waals surface area contributed by atoms with Gasteiger partial charge in [-0.25, -0.2) is 15.0 Å². The maximum Gasteiger partial charge on any atom is 0.164 e. The number of para-hydroxylation sites is 1. The molecule has 4 nitrogen and oxygen atoms in total. The average Bonchev–Trinajstić information content (AvgIpc) is 3.61. The van der Waals surface area contributed by atoms with Crippen molar-refractivity contribution >= 4 is 21.9 Å². The van der Waals surface area contributed by atoms with Gasteiger partial charge >= 0.3 is 0 Å². The minimum Gasteiger partial charge on any atom is -0.456 e. The van der Waals surface area contributed by atoms with Gasteiger partial charge in [0.05, 0.1) is 0 Å². The van der Waals surface area contributed by atoms with E-state index in [4.69, 9.17) is 19.4 Å². The van der Waals surface area contributed by atoms with Gasteiger partial charge in [0.1, 0.15) is 17.0 Å². The summed E-state index contributed by atoms with van der Waals surface area (Å²) >= 11 is 0. The van der Waals surface area contributed by atoms with Gasteiger partial charge in [0.2, 0.25) is 0 Å². The Hall–Kier alpha value is -5.87. The van der Waals surface area contributed by atoms with Crippen LogP contribution in [0, 0.1) is 0 Å². The highest BCUT2D eigenvalue weighted by atomic mass is 16.3. The van der Waals surface area contributed by atoms with Crippen molar-refractivity contribution in [3.63, 3.8) is 0 Å². The van der Waals surface area contributed by atoms with Crippen molar-refractivity contribution < 1.29 is 4.42 Å². The summed E-state index contributed by atoms with van der Waals surface area (Å²) in [5.74, 6) is 2.05. The average molecular weight is 606 g/mol. The Labute approximate surface area is 273 Å². The number of aromatic nitrogens is 3. The standard InChI is InChI=1S/C43H31N3O/c1-43(2)34-21-8-6-17-30(34)39-32(19-11-22-35(39)43)41-44-38(26-27-13-10-16-29(25-27)28-14-4-3-5-15-28)45-42(46-41)33-20-12-24-37-40(33)31-18-7-9-23-36(31)47-37/h3-25H,26H2,1-2H3. The molecule has 6 aromatic carbocycles. The molecule has 0 spiro atoms. The molecule has 2 heterocycles. The lowest BCUT2D eigenvalue weighted by Gasteiger charge is -2.21. The Morgan fingerprint density at radius 3 is 2.06 bits per heavy atom. The molecule has 224 valence electrons. The van der Waals surface area contributed by atoms with Crippen LogP contribution in [-0.2, 0) is 11.8 Å². The summed E-state index contributed by atoms with van der Waals surface area (Å²) in [5, 5.41) is 2.07. The van der Waals surface area contributed by atoms with E-state index >= 15 is 0 Å². The zero-order valence-electron chi connectivity index (χ0n) is 26.2. The Morgan fingerprint density at radius 2 is 1.17 bits per heavy atom. The number of benzene rings is 6. The smallest absolute Gasteiger partial charge is 0.164 e. The Bertz CT molecular complexity index is 2470. The Kier molecular flexibility index (Phi) is 6.19. The van der Waals surface area contributed by atoms with E-state index in [1.165, 1.54) is 33.4 Å². The normalized spacial score (nSPS) is 13.1. The molecule has 1 aliphatic carbocycles. The number of nitrogens with zero attached hydrogens (tertiary/aromatic N) is 3. The summed E-state index contributed by atoms with van der Waals surface area (Å²) in [4.78, 5) is 15.6. The highest BCUT2D eigenvalue weighted by Crippen LogP contribution is 2.51. The molecule has 0 aliphatic heterocycles. The van der Waals surface area contributed by atoms with Crippen molar-refractivity contribution in [3.05, 3.63) is 162 Å². The summed E-state index contributed by atoms with van der Waals surface area (Å²) in [5.41, 5.74) is 12.1. The van der Waals surface area contributed by atoms with E-state index in [2.05, 4.69) is 117 Å². The highest BCUT2D eigenvalue weighted by molar-refractivity contribution is 6.11. The molecule has 8 aromatic rings. The van der Waals surface area contributed by atoms with E-state index < -0.39 is 0 Å². The fourth-order valence-electron chi connectivity index (χ4n) is 7.32. The molecule has 1 aliphatic rings. The van der Waals surface area contributed by atoms with Crippen molar-refractivity contribution in [3.8, 4) is 45.0 Å². The van der Waals surface area contributed by atoms with Gasteiger partial charge in [0.25, 0.3) is 0 Å². The molecule has 0 saturated heterocycles. The molecule has 0 amide bonds. The molecule has 4 heteroatoms. The van der Waals surface area contributed by atoms with Crippen LogP contribution in [0.15, 0.2) is 144 Å². The molecule has 47 heavy (non-hydrogen) atoms. The maximum atomic E-state index is 6.26. The molecule has 2 aromatic heterocycles.